The first-order chi connectivity index (χ1) is 10.9. The Bertz CT molecular complexity index is 603. The van der Waals surface area contributed by atoms with Crippen molar-refractivity contribution in [3.8, 4) is 0 Å². The van der Waals surface area contributed by atoms with Crippen LogP contribution in [0.25, 0.3) is 0 Å². The summed E-state index contributed by atoms with van der Waals surface area (Å²) in [5, 5.41) is 0. The van der Waals surface area contributed by atoms with E-state index in [1.807, 2.05) is 27.7 Å². The highest BCUT2D eigenvalue weighted by molar-refractivity contribution is 7.85. The van der Waals surface area contributed by atoms with Gasteiger partial charge in [0, 0.05) is 6.61 Å². The summed E-state index contributed by atoms with van der Waals surface area (Å²) in [6, 6.07) is 8.30. The maximum atomic E-state index is 10.7. The van der Waals surface area contributed by atoms with Gasteiger partial charge in [-0.2, -0.15) is 8.42 Å². The molecule has 1 aromatic carbocycles. The van der Waals surface area contributed by atoms with E-state index in [-0.39, 0.29) is 24.4 Å². The molecule has 24 heavy (non-hydrogen) atoms. The van der Waals surface area contributed by atoms with E-state index in [9.17, 15) is 8.42 Å². The first-order valence-corrected chi connectivity index (χ1v) is 9.82. The number of aryl methyl sites for hydroxylation is 1. The van der Waals surface area contributed by atoms with Crippen molar-refractivity contribution >= 4 is 10.1 Å². The van der Waals surface area contributed by atoms with Gasteiger partial charge in [0.05, 0.1) is 23.6 Å². The minimum absolute atomic E-state index is 0.276. The number of rotatable bonds is 10. The van der Waals surface area contributed by atoms with Gasteiger partial charge < -0.3 is 9.47 Å². The van der Waals surface area contributed by atoms with Crippen molar-refractivity contribution in [3.05, 3.63) is 35.4 Å². The highest BCUT2D eigenvalue weighted by Gasteiger charge is 2.24. The predicted octanol–water partition coefficient (Wildman–Crippen LogP) is 3.71. The number of hydrogen-bond donors (Lipinski definition) is 1. The van der Waals surface area contributed by atoms with Crippen molar-refractivity contribution in [2.75, 3.05) is 19.0 Å². The fourth-order valence-electron chi connectivity index (χ4n) is 2.25. The van der Waals surface area contributed by atoms with Crippen LogP contribution in [-0.4, -0.2) is 37.5 Å². The van der Waals surface area contributed by atoms with Crippen molar-refractivity contribution in [2.45, 2.75) is 58.7 Å². The van der Waals surface area contributed by atoms with Gasteiger partial charge >= 0.3 is 0 Å². The highest BCUT2D eigenvalue weighted by atomic mass is 32.2. The summed E-state index contributed by atoms with van der Waals surface area (Å²) in [4.78, 5) is 0. The molecular weight excluding hydrogens is 328 g/mol. The third-order valence-electron chi connectivity index (χ3n) is 3.95. The third-order valence-corrected chi connectivity index (χ3v) is 4.76. The third kappa shape index (κ3) is 8.24. The molecule has 5 nitrogen and oxygen atoms in total. The molecule has 0 aromatic heterocycles. The lowest BCUT2D eigenvalue weighted by Gasteiger charge is -2.30. The molecule has 0 spiro atoms. The minimum atomic E-state index is -3.92. The molecule has 1 aromatic rings. The zero-order valence-electron chi connectivity index (χ0n) is 15.3. The number of benzene rings is 1. The van der Waals surface area contributed by atoms with Crippen LogP contribution < -0.4 is 0 Å². The molecule has 0 aliphatic carbocycles. The summed E-state index contributed by atoms with van der Waals surface area (Å²) in [6.07, 6.45) is 0.964. The lowest BCUT2D eigenvalue weighted by Crippen LogP contribution is -2.30. The molecule has 0 saturated carbocycles. The van der Waals surface area contributed by atoms with Crippen LogP contribution in [0.2, 0.25) is 0 Å². The van der Waals surface area contributed by atoms with Gasteiger partial charge in [0.1, 0.15) is 0 Å². The van der Waals surface area contributed by atoms with Crippen LogP contribution in [0, 0.1) is 6.92 Å². The molecule has 0 fully saturated rings. The summed E-state index contributed by atoms with van der Waals surface area (Å²) in [5.41, 5.74) is 1.55. The van der Waals surface area contributed by atoms with Crippen LogP contribution in [-0.2, 0) is 25.2 Å². The van der Waals surface area contributed by atoms with Gasteiger partial charge in [0.25, 0.3) is 10.1 Å². The fourth-order valence-corrected chi connectivity index (χ4v) is 2.73. The second-order valence-electron chi connectivity index (χ2n) is 7.22. The summed E-state index contributed by atoms with van der Waals surface area (Å²) in [5.74, 6) is -0.278. The Labute approximate surface area is 146 Å². The van der Waals surface area contributed by atoms with E-state index in [4.69, 9.17) is 14.0 Å². The monoisotopic (exact) mass is 358 g/mol. The molecule has 0 atom stereocenters. The Balaban J connectivity index is 2.39. The molecule has 1 rings (SSSR count). The quantitative estimate of drug-likeness (QED) is 0.510. The molecule has 0 aliphatic heterocycles. The molecule has 0 aliphatic rings. The Morgan fingerprint density at radius 3 is 2.12 bits per heavy atom. The molecule has 138 valence electrons. The molecule has 0 unspecified atom stereocenters. The minimum Gasteiger partial charge on any atom is -0.375 e. The van der Waals surface area contributed by atoms with E-state index >= 15 is 0 Å². The lowest BCUT2D eigenvalue weighted by atomic mass is 9.97. The van der Waals surface area contributed by atoms with Crippen LogP contribution in [0.4, 0.5) is 0 Å². The molecule has 6 heteroatoms. The fraction of sp³-hybridized carbons (Fsp3) is 0.667. The van der Waals surface area contributed by atoms with Gasteiger partial charge in [0.15, 0.2) is 0 Å². The summed E-state index contributed by atoms with van der Waals surface area (Å²) in [7, 11) is -3.92. The normalized spacial score (nSPS) is 13.2. The first kappa shape index (κ1) is 21.1. The molecular formula is C18H30O5S. The molecule has 0 radical (unpaired) electrons. The molecule has 0 bridgehead atoms. The largest absolute Gasteiger partial charge is 0.375 e. The molecule has 1 N–H and O–H groups in total. The maximum Gasteiger partial charge on any atom is 0.264 e. The summed E-state index contributed by atoms with van der Waals surface area (Å²) in [6.45, 7) is 10.8. The van der Waals surface area contributed by atoms with Crippen LogP contribution >= 0.6 is 0 Å². The van der Waals surface area contributed by atoms with Crippen LogP contribution in [0.5, 0.6) is 0 Å². The summed E-state index contributed by atoms with van der Waals surface area (Å²) >= 11 is 0. The molecule has 0 heterocycles. The van der Waals surface area contributed by atoms with E-state index < -0.39 is 15.7 Å². The van der Waals surface area contributed by atoms with Crippen LogP contribution in [0.15, 0.2) is 24.3 Å². The maximum absolute atomic E-state index is 10.7. The second-order valence-corrected chi connectivity index (χ2v) is 8.79. The van der Waals surface area contributed by atoms with Gasteiger partial charge in [0.2, 0.25) is 0 Å². The predicted molar refractivity (Wildman–Crippen MR) is 95.8 cm³/mol. The topological polar surface area (TPSA) is 72.8 Å². The second kappa shape index (κ2) is 8.43. The van der Waals surface area contributed by atoms with E-state index in [2.05, 4.69) is 31.2 Å². The van der Waals surface area contributed by atoms with Crippen LogP contribution in [0.3, 0.4) is 0 Å². The zero-order chi connectivity index (χ0) is 18.4. The van der Waals surface area contributed by atoms with Gasteiger partial charge in [-0.25, -0.2) is 0 Å². The molecule has 0 amide bonds. The number of hydrogen-bond acceptors (Lipinski definition) is 4. The Morgan fingerprint density at radius 1 is 1.00 bits per heavy atom. The van der Waals surface area contributed by atoms with Crippen LogP contribution in [0.1, 0.15) is 51.7 Å². The number of ether oxygens (including phenoxy) is 2. The summed E-state index contributed by atoms with van der Waals surface area (Å²) < 4.78 is 41.8. The zero-order valence-corrected chi connectivity index (χ0v) is 16.1. The van der Waals surface area contributed by atoms with Crippen molar-refractivity contribution in [1.29, 1.82) is 0 Å². The van der Waals surface area contributed by atoms with Gasteiger partial charge in [-0.05, 0) is 53.0 Å². The average Bonchev–Trinajstić information content (AvgIpc) is 2.43. The highest BCUT2D eigenvalue weighted by Crippen LogP contribution is 2.26. The van der Waals surface area contributed by atoms with Gasteiger partial charge in [-0.15, -0.1) is 0 Å². The van der Waals surface area contributed by atoms with E-state index in [1.165, 1.54) is 5.56 Å². The standard InChI is InChI=1S/C18H30O5S/c1-15-7-9-16(10-8-15)18(4,5)23-13-11-17(2,3)22-12-6-14-24(19,20)21/h7-10H,6,11-14H2,1-5H3,(H,19,20,21). The van der Waals surface area contributed by atoms with E-state index in [0.29, 0.717) is 13.0 Å². The van der Waals surface area contributed by atoms with Gasteiger partial charge in [-0.3, -0.25) is 4.55 Å². The smallest absolute Gasteiger partial charge is 0.264 e. The SMILES string of the molecule is Cc1ccc(C(C)(C)OCCC(C)(C)OCCCS(=O)(=O)O)cc1. The van der Waals surface area contributed by atoms with Gasteiger partial charge in [-0.1, -0.05) is 29.8 Å². The average molecular weight is 358 g/mol. The lowest BCUT2D eigenvalue weighted by molar-refractivity contribution is -0.0742. The van der Waals surface area contributed by atoms with E-state index in [0.717, 1.165) is 5.56 Å². The first-order valence-electron chi connectivity index (χ1n) is 8.22. The van der Waals surface area contributed by atoms with Crippen molar-refractivity contribution in [3.63, 3.8) is 0 Å². The Morgan fingerprint density at radius 2 is 1.58 bits per heavy atom. The van der Waals surface area contributed by atoms with E-state index in [1.54, 1.807) is 0 Å². The Kier molecular flexibility index (Phi) is 7.41. The Hall–Kier alpha value is -0.950. The van der Waals surface area contributed by atoms with Crippen molar-refractivity contribution in [1.82, 2.24) is 0 Å². The molecule has 0 saturated heterocycles. The van der Waals surface area contributed by atoms with Crippen molar-refractivity contribution in [2.24, 2.45) is 0 Å². The van der Waals surface area contributed by atoms with Crippen molar-refractivity contribution < 1.29 is 22.4 Å².